The highest BCUT2D eigenvalue weighted by atomic mass is 79.9. The molecule has 120 valence electrons. The van der Waals surface area contributed by atoms with Crippen LogP contribution in [0.4, 0.5) is 0 Å². The molecule has 1 aliphatic heterocycles. The molecule has 0 fully saturated rings. The van der Waals surface area contributed by atoms with Crippen molar-refractivity contribution >= 4 is 50.4 Å². The molecule has 2 heterocycles. The van der Waals surface area contributed by atoms with E-state index < -0.39 is 0 Å². The summed E-state index contributed by atoms with van der Waals surface area (Å²) in [4.78, 5) is 12.8. The first kappa shape index (κ1) is 15.3. The fraction of sp³-hybridized carbons (Fsp3) is 0.0556. The van der Waals surface area contributed by atoms with Gasteiger partial charge in [0, 0.05) is 5.02 Å². The number of rotatable bonds is 2. The van der Waals surface area contributed by atoms with Gasteiger partial charge >= 0.3 is 0 Å². The lowest BCUT2D eigenvalue weighted by molar-refractivity contribution is 0.101. The van der Waals surface area contributed by atoms with Crippen LogP contribution < -0.4 is 9.47 Å². The van der Waals surface area contributed by atoms with Gasteiger partial charge in [-0.1, -0.05) is 23.7 Å². The number of halogens is 2. The van der Waals surface area contributed by atoms with Crippen molar-refractivity contribution < 1.29 is 18.7 Å². The molecule has 4 nitrogen and oxygen atoms in total. The molecule has 6 heteroatoms. The third kappa shape index (κ3) is 2.24. The van der Waals surface area contributed by atoms with Gasteiger partial charge in [0.1, 0.15) is 15.8 Å². The zero-order chi connectivity index (χ0) is 16.8. The monoisotopic (exact) mass is 404 g/mol. The molecule has 3 aromatic rings. The zero-order valence-corrected chi connectivity index (χ0v) is 14.8. The van der Waals surface area contributed by atoms with Crippen molar-refractivity contribution in [3.8, 4) is 11.5 Å². The Balaban J connectivity index is 1.88. The fourth-order valence-corrected chi connectivity index (χ4v) is 3.42. The number of hydrogen-bond donors (Lipinski definition) is 0. The second-order valence-corrected chi connectivity index (χ2v) is 6.44. The van der Waals surface area contributed by atoms with E-state index in [-0.39, 0.29) is 11.5 Å². The lowest BCUT2D eigenvalue weighted by Gasteiger charge is -2.07. The molecular weight excluding hydrogens is 396 g/mol. The summed E-state index contributed by atoms with van der Waals surface area (Å²) in [5.41, 5.74) is 1.78. The van der Waals surface area contributed by atoms with Crippen LogP contribution in [0.25, 0.3) is 17.0 Å². The quantitative estimate of drug-likeness (QED) is 0.530. The lowest BCUT2D eigenvalue weighted by atomic mass is 10.1. The third-order valence-electron chi connectivity index (χ3n) is 3.80. The maximum Gasteiger partial charge on any atom is 0.235 e. The predicted molar refractivity (Wildman–Crippen MR) is 94.9 cm³/mol. The van der Waals surface area contributed by atoms with Crippen molar-refractivity contribution in [3.63, 3.8) is 0 Å². The molecule has 0 aliphatic carbocycles. The lowest BCUT2D eigenvalue weighted by Crippen LogP contribution is -2.00. The van der Waals surface area contributed by atoms with E-state index in [1.165, 1.54) is 7.11 Å². The SMILES string of the molecule is COc1c2c(c(Br)c3occc13)O/C(=C\c1ccc(Cl)cc1)C2=O. The molecule has 0 unspecified atom stereocenters. The molecule has 0 amide bonds. The summed E-state index contributed by atoms with van der Waals surface area (Å²) in [6, 6.07) is 8.89. The summed E-state index contributed by atoms with van der Waals surface area (Å²) in [6.45, 7) is 0. The van der Waals surface area contributed by atoms with Gasteiger partial charge in [0.05, 0.1) is 18.8 Å². The van der Waals surface area contributed by atoms with E-state index >= 15 is 0 Å². The fourth-order valence-electron chi connectivity index (χ4n) is 2.71. The van der Waals surface area contributed by atoms with E-state index in [4.69, 9.17) is 25.5 Å². The summed E-state index contributed by atoms with van der Waals surface area (Å²) < 4.78 is 17.3. The van der Waals surface area contributed by atoms with E-state index in [2.05, 4.69) is 15.9 Å². The molecule has 1 aliphatic rings. The number of carbonyl (C=O) groups excluding carboxylic acids is 1. The standard InChI is InChI=1S/C18H10BrClO4/c1-22-16-11-6-7-23-17(11)14(19)18-13(16)15(21)12(24-18)8-9-2-4-10(20)5-3-9/h2-8H,1H3/b12-8-. The molecule has 0 saturated carbocycles. The summed E-state index contributed by atoms with van der Waals surface area (Å²) >= 11 is 9.34. The van der Waals surface area contributed by atoms with Crippen molar-refractivity contribution in [1.29, 1.82) is 0 Å². The van der Waals surface area contributed by atoms with E-state index in [9.17, 15) is 4.79 Å². The van der Waals surface area contributed by atoms with Gasteiger partial charge in [-0.2, -0.15) is 0 Å². The highest BCUT2D eigenvalue weighted by Gasteiger charge is 2.36. The molecule has 24 heavy (non-hydrogen) atoms. The first-order chi connectivity index (χ1) is 11.6. The smallest absolute Gasteiger partial charge is 0.235 e. The molecular formula is C18H10BrClO4. The highest BCUT2D eigenvalue weighted by Crippen LogP contribution is 2.49. The number of benzene rings is 2. The van der Waals surface area contributed by atoms with Gasteiger partial charge in [-0.05, 0) is 45.8 Å². The minimum atomic E-state index is -0.236. The van der Waals surface area contributed by atoms with Gasteiger partial charge in [0.25, 0.3) is 0 Å². The Morgan fingerprint density at radius 2 is 1.96 bits per heavy atom. The van der Waals surface area contributed by atoms with E-state index in [0.717, 1.165) is 5.56 Å². The maximum absolute atomic E-state index is 12.8. The maximum atomic E-state index is 12.8. The van der Waals surface area contributed by atoms with Crippen LogP contribution in [0.3, 0.4) is 0 Å². The first-order valence-electron chi connectivity index (χ1n) is 7.06. The number of Topliss-reactive ketones (excluding diaryl/α,β-unsaturated/α-hetero) is 1. The first-order valence-corrected chi connectivity index (χ1v) is 8.23. The second kappa shape index (κ2) is 5.69. The van der Waals surface area contributed by atoms with E-state index in [1.807, 2.05) is 12.1 Å². The molecule has 0 bridgehead atoms. The largest absolute Gasteiger partial charge is 0.495 e. The zero-order valence-electron chi connectivity index (χ0n) is 12.4. The van der Waals surface area contributed by atoms with Crippen LogP contribution in [-0.4, -0.2) is 12.9 Å². The van der Waals surface area contributed by atoms with Gasteiger partial charge in [-0.3, -0.25) is 4.79 Å². The van der Waals surface area contributed by atoms with Crippen molar-refractivity contribution in [2.45, 2.75) is 0 Å². The van der Waals surface area contributed by atoms with Crippen molar-refractivity contribution in [1.82, 2.24) is 0 Å². The minimum Gasteiger partial charge on any atom is -0.495 e. The van der Waals surface area contributed by atoms with Gasteiger partial charge in [0.2, 0.25) is 5.78 Å². The number of allylic oxidation sites excluding steroid dienone is 1. The molecule has 1 aromatic heterocycles. The van der Waals surface area contributed by atoms with E-state index in [1.54, 1.807) is 30.5 Å². The van der Waals surface area contributed by atoms with E-state index in [0.29, 0.717) is 37.5 Å². The Morgan fingerprint density at radius 3 is 2.67 bits per heavy atom. The number of furan rings is 1. The molecule has 0 N–H and O–H groups in total. The van der Waals surface area contributed by atoms with Crippen LogP contribution in [0.1, 0.15) is 15.9 Å². The Morgan fingerprint density at radius 1 is 1.21 bits per heavy atom. The second-order valence-electron chi connectivity index (χ2n) is 5.21. The van der Waals surface area contributed by atoms with Crippen LogP contribution in [-0.2, 0) is 0 Å². The Kier molecular flexibility index (Phi) is 3.62. The molecule has 0 radical (unpaired) electrons. The van der Waals surface area contributed by atoms with Crippen LogP contribution in [0.15, 0.2) is 51.2 Å². The average Bonchev–Trinajstić information content (AvgIpc) is 3.18. The van der Waals surface area contributed by atoms with Gasteiger partial charge in [0.15, 0.2) is 17.1 Å². The van der Waals surface area contributed by atoms with Gasteiger partial charge < -0.3 is 13.9 Å². The minimum absolute atomic E-state index is 0.221. The number of hydrogen-bond acceptors (Lipinski definition) is 4. The molecule has 0 atom stereocenters. The number of fused-ring (bicyclic) bond motifs is 2. The van der Waals surface area contributed by atoms with Crippen molar-refractivity contribution in [2.24, 2.45) is 0 Å². The predicted octanol–water partition coefficient (Wildman–Crippen LogP) is 5.47. The van der Waals surface area contributed by atoms with Gasteiger partial charge in [-0.15, -0.1) is 0 Å². The summed E-state index contributed by atoms with van der Waals surface area (Å²) in [6.07, 6.45) is 3.22. The Bertz CT molecular complexity index is 1000. The molecule has 4 rings (SSSR count). The van der Waals surface area contributed by atoms with Crippen molar-refractivity contribution in [3.05, 3.63) is 63.0 Å². The Hall–Kier alpha value is -2.24. The number of ketones is 1. The topological polar surface area (TPSA) is 48.7 Å². The number of ether oxygens (including phenoxy) is 2. The van der Waals surface area contributed by atoms with Gasteiger partial charge in [-0.25, -0.2) is 0 Å². The Labute approximate surface area is 150 Å². The van der Waals surface area contributed by atoms with Crippen LogP contribution in [0, 0.1) is 0 Å². The van der Waals surface area contributed by atoms with Crippen LogP contribution in [0.2, 0.25) is 5.02 Å². The molecule has 2 aromatic carbocycles. The summed E-state index contributed by atoms with van der Waals surface area (Å²) in [5, 5.41) is 1.34. The molecule has 0 saturated heterocycles. The number of methoxy groups -OCH3 is 1. The highest BCUT2D eigenvalue weighted by molar-refractivity contribution is 9.10. The summed E-state index contributed by atoms with van der Waals surface area (Å²) in [7, 11) is 1.52. The summed E-state index contributed by atoms with van der Waals surface area (Å²) in [5.74, 6) is 0.834. The number of carbonyl (C=O) groups is 1. The normalized spacial score (nSPS) is 15.0. The van der Waals surface area contributed by atoms with Crippen LogP contribution >= 0.6 is 27.5 Å². The third-order valence-corrected chi connectivity index (χ3v) is 4.77. The van der Waals surface area contributed by atoms with Crippen LogP contribution in [0.5, 0.6) is 11.5 Å². The van der Waals surface area contributed by atoms with Crippen molar-refractivity contribution in [2.75, 3.05) is 7.11 Å². The molecule has 0 spiro atoms. The average molecular weight is 406 g/mol.